The fourth-order valence-corrected chi connectivity index (χ4v) is 1.10. The molecule has 0 aliphatic carbocycles. The standard InChI is InChI=1S/C6H9N3O3/c1-8-3(4(7)10)5(11)9(2)6(8)12/h3H,1-2H3,(H2,7,10). The highest BCUT2D eigenvalue weighted by molar-refractivity contribution is 6.15. The van der Waals surface area contributed by atoms with Crippen LogP contribution in [-0.4, -0.2) is 47.8 Å². The lowest BCUT2D eigenvalue weighted by molar-refractivity contribution is -0.133. The average molecular weight is 171 g/mol. The predicted molar refractivity (Wildman–Crippen MR) is 38.9 cm³/mol. The van der Waals surface area contributed by atoms with Gasteiger partial charge in [0.25, 0.3) is 5.91 Å². The van der Waals surface area contributed by atoms with Gasteiger partial charge in [-0.15, -0.1) is 0 Å². The largest absolute Gasteiger partial charge is 0.367 e. The summed E-state index contributed by atoms with van der Waals surface area (Å²) >= 11 is 0. The van der Waals surface area contributed by atoms with E-state index in [0.717, 1.165) is 9.80 Å². The molecule has 6 heteroatoms. The van der Waals surface area contributed by atoms with Gasteiger partial charge in [-0.1, -0.05) is 0 Å². The van der Waals surface area contributed by atoms with Crippen LogP contribution in [0.3, 0.4) is 0 Å². The lowest BCUT2D eigenvalue weighted by Crippen LogP contribution is -2.43. The molecule has 2 N–H and O–H groups in total. The van der Waals surface area contributed by atoms with E-state index in [-0.39, 0.29) is 0 Å². The van der Waals surface area contributed by atoms with Crippen molar-refractivity contribution in [2.24, 2.45) is 5.73 Å². The fourth-order valence-electron chi connectivity index (χ4n) is 1.10. The second-order valence-corrected chi connectivity index (χ2v) is 2.60. The van der Waals surface area contributed by atoms with Crippen molar-refractivity contribution in [3.05, 3.63) is 0 Å². The first kappa shape index (κ1) is 8.51. The van der Waals surface area contributed by atoms with Gasteiger partial charge in [0.2, 0.25) is 5.91 Å². The van der Waals surface area contributed by atoms with E-state index in [1.165, 1.54) is 14.1 Å². The zero-order valence-electron chi connectivity index (χ0n) is 6.77. The molecule has 12 heavy (non-hydrogen) atoms. The third-order valence-electron chi connectivity index (χ3n) is 1.81. The Morgan fingerprint density at radius 2 is 1.92 bits per heavy atom. The van der Waals surface area contributed by atoms with E-state index in [1.54, 1.807) is 0 Å². The maximum Gasteiger partial charge on any atom is 0.327 e. The summed E-state index contributed by atoms with van der Waals surface area (Å²) in [4.78, 5) is 34.8. The van der Waals surface area contributed by atoms with Gasteiger partial charge in [-0.05, 0) is 0 Å². The number of imide groups is 1. The molecule has 6 nitrogen and oxygen atoms in total. The summed E-state index contributed by atoms with van der Waals surface area (Å²) < 4.78 is 0. The quantitative estimate of drug-likeness (QED) is 0.379. The second-order valence-electron chi connectivity index (χ2n) is 2.60. The van der Waals surface area contributed by atoms with Crippen molar-refractivity contribution >= 4 is 17.8 Å². The van der Waals surface area contributed by atoms with Crippen LogP contribution in [-0.2, 0) is 9.59 Å². The number of primary amides is 1. The number of likely N-dealkylation sites (N-methyl/N-ethyl adjacent to an activating group) is 2. The second kappa shape index (κ2) is 2.47. The van der Waals surface area contributed by atoms with Crippen molar-refractivity contribution in [3.63, 3.8) is 0 Å². The van der Waals surface area contributed by atoms with E-state index in [0.29, 0.717) is 0 Å². The van der Waals surface area contributed by atoms with Gasteiger partial charge in [0.15, 0.2) is 6.04 Å². The first-order valence-electron chi connectivity index (χ1n) is 3.30. The summed E-state index contributed by atoms with van der Waals surface area (Å²) in [6.07, 6.45) is 0. The van der Waals surface area contributed by atoms with Gasteiger partial charge in [-0.25, -0.2) is 4.79 Å². The molecule has 1 aliphatic rings. The Morgan fingerprint density at radius 1 is 1.42 bits per heavy atom. The Morgan fingerprint density at radius 3 is 2.08 bits per heavy atom. The molecule has 0 aromatic carbocycles. The van der Waals surface area contributed by atoms with E-state index in [1.807, 2.05) is 0 Å². The smallest absolute Gasteiger partial charge is 0.327 e. The number of urea groups is 1. The zero-order valence-corrected chi connectivity index (χ0v) is 6.77. The summed E-state index contributed by atoms with van der Waals surface area (Å²) in [5, 5.41) is 0. The van der Waals surface area contributed by atoms with Gasteiger partial charge in [0.05, 0.1) is 0 Å². The summed E-state index contributed by atoms with van der Waals surface area (Å²) in [5.74, 6) is -1.38. The molecule has 1 aliphatic heterocycles. The van der Waals surface area contributed by atoms with Crippen LogP contribution in [0.2, 0.25) is 0 Å². The predicted octanol–water partition coefficient (Wildman–Crippen LogP) is -1.64. The molecule has 0 radical (unpaired) electrons. The Balaban J connectivity index is 2.99. The maximum absolute atomic E-state index is 11.1. The molecule has 0 bridgehead atoms. The minimum absolute atomic E-state index is 0.510. The van der Waals surface area contributed by atoms with E-state index in [4.69, 9.17) is 5.73 Å². The van der Waals surface area contributed by atoms with Crippen molar-refractivity contribution in [1.29, 1.82) is 0 Å². The molecule has 66 valence electrons. The van der Waals surface area contributed by atoms with Crippen LogP contribution in [0.25, 0.3) is 0 Å². The molecule has 0 aromatic rings. The Kier molecular flexibility index (Phi) is 1.75. The van der Waals surface area contributed by atoms with Gasteiger partial charge in [0.1, 0.15) is 0 Å². The molecule has 1 unspecified atom stereocenters. The topological polar surface area (TPSA) is 83.7 Å². The van der Waals surface area contributed by atoms with Gasteiger partial charge < -0.3 is 10.6 Å². The van der Waals surface area contributed by atoms with Crippen molar-refractivity contribution in [2.75, 3.05) is 14.1 Å². The van der Waals surface area contributed by atoms with Crippen molar-refractivity contribution in [1.82, 2.24) is 9.80 Å². The molecule has 1 saturated heterocycles. The third-order valence-corrected chi connectivity index (χ3v) is 1.81. The van der Waals surface area contributed by atoms with Crippen molar-refractivity contribution < 1.29 is 14.4 Å². The number of hydrogen-bond donors (Lipinski definition) is 1. The molecule has 0 aromatic heterocycles. The zero-order chi connectivity index (χ0) is 9.46. The van der Waals surface area contributed by atoms with Crippen molar-refractivity contribution in [3.8, 4) is 0 Å². The minimum atomic E-state index is -1.14. The van der Waals surface area contributed by atoms with Crippen LogP contribution >= 0.6 is 0 Å². The van der Waals surface area contributed by atoms with E-state index in [2.05, 4.69) is 0 Å². The van der Waals surface area contributed by atoms with E-state index in [9.17, 15) is 14.4 Å². The fraction of sp³-hybridized carbons (Fsp3) is 0.500. The average Bonchev–Trinajstić information content (AvgIpc) is 2.16. The minimum Gasteiger partial charge on any atom is -0.367 e. The van der Waals surface area contributed by atoms with Crippen LogP contribution in [0.5, 0.6) is 0 Å². The van der Waals surface area contributed by atoms with E-state index >= 15 is 0 Å². The molecule has 4 amide bonds. The molecule has 1 atom stereocenters. The Bertz CT molecular complexity index is 263. The monoisotopic (exact) mass is 171 g/mol. The number of rotatable bonds is 1. The van der Waals surface area contributed by atoms with Crippen LogP contribution < -0.4 is 5.73 Å². The highest BCUT2D eigenvalue weighted by atomic mass is 16.2. The lowest BCUT2D eigenvalue weighted by atomic mass is 10.2. The molecule has 0 saturated carbocycles. The van der Waals surface area contributed by atoms with Crippen LogP contribution in [0.15, 0.2) is 0 Å². The number of nitrogens with zero attached hydrogens (tertiary/aromatic N) is 2. The summed E-state index contributed by atoms with van der Waals surface area (Å²) in [6, 6.07) is -1.65. The molecule has 0 spiro atoms. The summed E-state index contributed by atoms with van der Waals surface area (Å²) in [7, 11) is 2.67. The Hall–Kier alpha value is -1.59. The molecular formula is C6H9N3O3. The van der Waals surface area contributed by atoms with Gasteiger partial charge >= 0.3 is 6.03 Å². The summed E-state index contributed by atoms with van der Waals surface area (Å²) in [6.45, 7) is 0. The number of nitrogens with two attached hydrogens (primary N) is 1. The third kappa shape index (κ3) is 0.919. The summed E-state index contributed by atoms with van der Waals surface area (Å²) in [5.41, 5.74) is 4.92. The number of hydrogen-bond acceptors (Lipinski definition) is 3. The van der Waals surface area contributed by atoms with Gasteiger partial charge in [-0.2, -0.15) is 0 Å². The molecular weight excluding hydrogens is 162 g/mol. The number of carbonyl (C=O) groups is 3. The molecule has 1 rings (SSSR count). The first-order chi connectivity index (χ1) is 5.46. The molecule has 1 heterocycles. The normalized spacial score (nSPS) is 23.7. The van der Waals surface area contributed by atoms with Crippen LogP contribution in [0.1, 0.15) is 0 Å². The van der Waals surface area contributed by atoms with Crippen LogP contribution in [0, 0.1) is 0 Å². The Labute approximate surface area is 68.9 Å². The van der Waals surface area contributed by atoms with Gasteiger partial charge in [-0.3, -0.25) is 14.5 Å². The van der Waals surface area contributed by atoms with Crippen molar-refractivity contribution in [2.45, 2.75) is 6.04 Å². The maximum atomic E-state index is 11.1. The highest BCUT2D eigenvalue weighted by Gasteiger charge is 2.44. The van der Waals surface area contributed by atoms with E-state index < -0.39 is 23.9 Å². The number of carbonyl (C=O) groups excluding carboxylic acids is 3. The molecule has 1 fully saturated rings. The highest BCUT2D eigenvalue weighted by Crippen LogP contribution is 2.12. The number of amides is 4. The first-order valence-corrected chi connectivity index (χ1v) is 3.30. The van der Waals surface area contributed by atoms with Crippen LogP contribution in [0.4, 0.5) is 4.79 Å². The lowest BCUT2D eigenvalue weighted by Gasteiger charge is -2.11. The SMILES string of the molecule is CN1C(=O)C(C(N)=O)N(C)C1=O. The van der Waals surface area contributed by atoms with Gasteiger partial charge in [0, 0.05) is 14.1 Å².